The number of phenolic OH excluding ortho intramolecular Hbond substituents is 3. The molecule has 22 atom stereocenters. The molecule has 3 fully saturated rings. The van der Waals surface area contributed by atoms with Crippen LogP contribution in [0.2, 0.25) is 10.0 Å². The first-order valence-corrected chi connectivity index (χ1v) is 43.9. The van der Waals surface area contributed by atoms with E-state index in [1.165, 1.54) is 51.2 Å². The maximum Gasteiger partial charge on any atom is 0.248 e. The van der Waals surface area contributed by atoms with E-state index in [-0.39, 0.29) is 83.5 Å². The molecule has 0 saturated carbocycles. The van der Waals surface area contributed by atoms with Crippen LogP contribution < -0.4 is 73.5 Å². The van der Waals surface area contributed by atoms with Gasteiger partial charge < -0.3 is 143 Å². The fourth-order valence-corrected chi connectivity index (χ4v) is 17.7. The Balaban J connectivity index is 0.969. The van der Waals surface area contributed by atoms with Gasteiger partial charge in [-0.2, -0.15) is 0 Å². The Hall–Kier alpha value is -11.7. The van der Waals surface area contributed by atoms with Crippen LogP contribution in [0.15, 0.2) is 164 Å². The number of carbonyl (C=O) groups is 8. The summed E-state index contributed by atoms with van der Waals surface area (Å²) in [7, 11) is 1.49. The lowest BCUT2D eigenvalue weighted by molar-refractivity contribution is -0.334. The average Bonchev–Trinajstić information content (AvgIpc) is 0.758. The molecule has 8 aromatic carbocycles. The van der Waals surface area contributed by atoms with Gasteiger partial charge in [-0.15, -0.1) is 0 Å². The van der Waals surface area contributed by atoms with Crippen LogP contribution in [0.3, 0.4) is 0 Å². The van der Waals surface area contributed by atoms with Crippen molar-refractivity contribution in [1.29, 1.82) is 0 Å². The summed E-state index contributed by atoms with van der Waals surface area (Å²) < 4.78 is 53.5. The number of likely N-dealkylation sites (N-methyl/N-ethyl adjacent to an activating group) is 1. The molecule has 0 unspecified atom stereocenters. The zero-order valence-corrected chi connectivity index (χ0v) is 74.3. The summed E-state index contributed by atoms with van der Waals surface area (Å²) in [6.07, 6.45) is -22.5. The maximum absolute atomic E-state index is 16.8. The highest BCUT2D eigenvalue weighted by atomic mass is 35.5. The van der Waals surface area contributed by atoms with Crippen molar-refractivity contribution in [3.05, 3.63) is 213 Å². The fraction of sp³-hybridized carbons (Fsp3) is 0.404. The van der Waals surface area contributed by atoms with E-state index in [9.17, 15) is 55.5 Å². The van der Waals surface area contributed by atoms with Crippen LogP contribution in [0.25, 0.3) is 22.3 Å². The monoisotopic (exact) mass is 1860 g/mol. The summed E-state index contributed by atoms with van der Waals surface area (Å²) in [6.45, 7) is 9.14. The van der Waals surface area contributed by atoms with E-state index in [0.29, 0.717) is 0 Å². The Bertz CT molecular complexity index is 5600. The molecule has 132 heavy (non-hydrogen) atoms. The minimum atomic E-state index is -2.38. The number of amides is 8. The first kappa shape index (κ1) is 96.4. The normalized spacial score (nSPS) is 28.7. The Morgan fingerprint density at radius 2 is 1.22 bits per heavy atom. The van der Waals surface area contributed by atoms with Crippen molar-refractivity contribution in [2.45, 2.75) is 213 Å². The Labute approximate surface area is 768 Å². The number of aliphatic hydroxyl groups excluding tert-OH is 6. The first-order chi connectivity index (χ1) is 62.9. The zero-order chi connectivity index (χ0) is 94.6. The molecule has 38 heteroatoms. The second kappa shape index (κ2) is 40.8. The Morgan fingerprint density at radius 1 is 0.614 bits per heavy atom. The molecule has 702 valence electrons. The SMILES string of the molecule is CN[C@H](CC(C)C)C(=O)N[C@H]1C(=O)N[C@@H](CC(N)=O)C(=O)N[C@H]2C(=O)N[C@H]3C(=O)N[C@H](C(=O)N[C@H](C(=O)NCCc4ccccc4)c4cc(O)cc(O)c4-c4cc3ccc4O)[C@H](O[C@H]3C[C@](C)(N)[C@@H](O)[C@H](C)O3)c3ccc(c(Cl)c3)Oc3cc2cc(c3O[C@@H]2O[C@H](CO)[C@@H](O)[C@H](O)[C@H]2O[C@H]2C[C@](C)(NCc3ccc(-c4ccccc4)cc3)[C@@H](O)[C@H](C)O2)Oc2ccc(cc2Cl)[C@H]1O. The second-order valence-corrected chi connectivity index (χ2v) is 35.6. The van der Waals surface area contributed by atoms with Gasteiger partial charge in [0.15, 0.2) is 30.2 Å². The molecule has 8 aromatic rings. The number of fused-ring (bicyclic) bond motifs is 15. The number of rotatable bonds is 22. The smallest absolute Gasteiger partial charge is 0.248 e. The molecule has 0 radical (unpaired) electrons. The number of primary amides is 1. The van der Waals surface area contributed by atoms with Gasteiger partial charge in [0, 0.05) is 54.2 Å². The predicted molar refractivity (Wildman–Crippen MR) is 476 cm³/mol. The van der Waals surface area contributed by atoms with Crippen LogP contribution in [-0.2, 0) is 75.0 Å². The quantitative estimate of drug-likeness (QED) is 0.0419. The molecular formula is C94H107Cl2N11O25. The number of aliphatic hydroxyl groups is 6. The number of nitrogens with two attached hydrogens (primary N) is 2. The molecule has 22 N–H and O–H groups in total. The molecule has 8 aliphatic heterocycles. The summed E-state index contributed by atoms with van der Waals surface area (Å²) in [5.74, 6) is -14.7. The molecule has 8 amide bonds. The zero-order valence-electron chi connectivity index (χ0n) is 72.8. The van der Waals surface area contributed by atoms with E-state index in [4.69, 9.17) is 72.6 Å². The van der Waals surface area contributed by atoms with E-state index >= 15 is 28.8 Å². The number of aromatic hydroxyl groups is 3. The largest absolute Gasteiger partial charge is 0.508 e. The standard InChI is InChI=1S/C94H107Cl2N11O25/c1-43(2)30-59(99-7)85(118)106-75-77(113)51-23-26-63(57(95)32-51)127-65-34-53-35-66(81(65)132-92-82(79(115)78(114)67(42-108)129-92)131-70-40-94(6,84(117)45(4)126-70)101-41-47-18-20-49(21-19-47)48-16-12-9-13-17-48)128-64-27-24-52(33-58(64)96)80(130-69-39-93(5,98)83(116)44(3)125-69)76-91(124)105-74(87(120)100-29-28-46-14-10-8-11-15-46)56-36-54(109)37-62(111)71(56)55-31-50(22-25-61(55)110)72(88(121)107-76)104-89(122)73(53)103-86(119)60(38-68(97)112)102-90(75)123/h8-27,31-37,43-45,59-60,67,69-70,72-80,82-84,92,99,101,108-111,113-117H,28-30,38-42,98H2,1-7H3,(H2,97,112)(H,100,120)(H,102,123)(H,103,119)(H,104,122)(H,105,124)(H,106,118)(H,107,121)/t44-,45-,59+,60-,67+,69-,70-,72+,73+,74-,75+,76-,77+,78+,79-,80+,82+,83-,84-,92-,93-,94-/m0/s1. The van der Waals surface area contributed by atoms with Crippen LogP contribution in [0, 0.1) is 5.92 Å². The average molecular weight is 1860 g/mol. The van der Waals surface area contributed by atoms with Crippen LogP contribution in [0.4, 0.5) is 0 Å². The molecule has 36 nitrogen and oxygen atoms in total. The summed E-state index contributed by atoms with van der Waals surface area (Å²) in [6, 6.07) is 27.2. The molecule has 16 rings (SSSR count). The highest BCUT2D eigenvalue weighted by Gasteiger charge is 2.53. The van der Waals surface area contributed by atoms with E-state index in [2.05, 4.69) is 47.9 Å². The minimum absolute atomic E-state index is 0.0822. The van der Waals surface area contributed by atoms with Gasteiger partial charge in [0.25, 0.3) is 0 Å². The lowest BCUT2D eigenvalue weighted by atomic mass is 9.84. The topological polar surface area (TPSA) is 553 Å². The number of nitrogens with one attached hydrogen (secondary N) is 9. The summed E-state index contributed by atoms with van der Waals surface area (Å²) in [5, 5.41) is 131. The number of halogens is 2. The molecule has 8 aliphatic rings. The fourth-order valence-electron chi connectivity index (χ4n) is 17.2. The van der Waals surface area contributed by atoms with Crippen LogP contribution in [-0.4, -0.2) is 216 Å². The molecule has 3 saturated heterocycles. The van der Waals surface area contributed by atoms with E-state index in [1.807, 2.05) is 68.4 Å². The highest BCUT2D eigenvalue weighted by molar-refractivity contribution is 6.32. The van der Waals surface area contributed by atoms with Crippen LogP contribution in [0.1, 0.15) is 137 Å². The van der Waals surface area contributed by atoms with Gasteiger partial charge >= 0.3 is 0 Å². The minimum Gasteiger partial charge on any atom is -0.508 e. The molecule has 8 heterocycles. The molecule has 0 aromatic heterocycles. The van der Waals surface area contributed by atoms with Gasteiger partial charge in [-0.3, -0.25) is 38.4 Å². The molecule has 0 aliphatic carbocycles. The number of hydrogen-bond donors (Lipinski definition) is 20. The lowest BCUT2D eigenvalue weighted by Crippen LogP contribution is -2.65. The third kappa shape index (κ3) is 21.5. The van der Waals surface area contributed by atoms with E-state index in [0.717, 1.165) is 70.8 Å². The third-order valence-corrected chi connectivity index (χ3v) is 25.0. The molecule has 0 spiro atoms. The van der Waals surface area contributed by atoms with Gasteiger partial charge in [-0.25, -0.2) is 0 Å². The van der Waals surface area contributed by atoms with Crippen LogP contribution >= 0.6 is 23.2 Å². The third-order valence-electron chi connectivity index (χ3n) is 24.4. The van der Waals surface area contributed by atoms with Gasteiger partial charge in [0.1, 0.15) is 95.5 Å². The summed E-state index contributed by atoms with van der Waals surface area (Å²) in [4.78, 5) is 124. The number of ether oxygens (including phenoxy) is 8. The van der Waals surface area contributed by atoms with Crippen molar-refractivity contribution in [2.24, 2.45) is 17.4 Å². The Kier molecular flexibility index (Phi) is 29.8. The van der Waals surface area contributed by atoms with Crippen molar-refractivity contribution in [3.63, 3.8) is 0 Å². The van der Waals surface area contributed by atoms with Crippen molar-refractivity contribution in [2.75, 3.05) is 20.2 Å². The van der Waals surface area contributed by atoms with Gasteiger partial charge in [-0.1, -0.05) is 140 Å². The number of carbonyl (C=O) groups excluding carboxylic acids is 8. The maximum atomic E-state index is 16.8. The van der Waals surface area contributed by atoms with E-state index < -0.39 is 250 Å². The van der Waals surface area contributed by atoms with Crippen molar-refractivity contribution < 1.29 is 122 Å². The van der Waals surface area contributed by atoms with Crippen molar-refractivity contribution in [1.82, 2.24) is 47.9 Å². The van der Waals surface area contributed by atoms with Crippen LogP contribution in [0.5, 0.6) is 46.0 Å². The van der Waals surface area contributed by atoms with Gasteiger partial charge in [0.2, 0.25) is 59.3 Å². The predicted octanol–water partition coefficient (Wildman–Crippen LogP) is 5.12. The number of benzene rings is 8. The first-order valence-electron chi connectivity index (χ1n) is 43.1. The highest BCUT2D eigenvalue weighted by Crippen LogP contribution is 2.51. The number of hydrogen-bond acceptors (Lipinski definition) is 28. The lowest BCUT2D eigenvalue weighted by Gasteiger charge is -2.48. The van der Waals surface area contributed by atoms with E-state index in [1.54, 1.807) is 44.2 Å². The molecular weight excluding hydrogens is 1750 g/mol. The summed E-state index contributed by atoms with van der Waals surface area (Å²) >= 11 is 14.8. The van der Waals surface area contributed by atoms with Crippen molar-refractivity contribution >= 4 is 70.5 Å². The van der Waals surface area contributed by atoms with Gasteiger partial charge in [0.05, 0.1) is 53.5 Å². The van der Waals surface area contributed by atoms with Gasteiger partial charge in [-0.05, 0) is 158 Å². The molecule has 11 bridgehead atoms. The number of phenols is 3. The summed E-state index contributed by atoms with van der Waals surface area (Å²) in [5.41, 5.74) is 11.3. The Morgan fingerprint density at radius 3 is 1.86 bits per heavy atom. The van der Waals surface area contributed by atoms with Crippen molar-refractivity contribution in [3.8, 4) is 68.2 Å². The second-order valence-electron chi connectivity index (χ2n) is 34.8.